The van der Waals surface area contributed by atoms with E-state index in [1.54, 1.807) is 0 Å². The van der Waals surface area contributed by atoms with Crippen molar-refractivity contribution >= 4 is 23.5 Å². The second-order valence-electron chi connectivity index (χ2n) is 5.43. The number of rotatable bonds is 3. The Bertz CT molecular complexity index is 562. The van der Waals surface area contributed by atoms with Crippen LogP contribution in [0.2, 0.25) is 5.02 Å². The molecule has 2 heterocycles. The fourth-order valence-corrected chi connectivity index (χ4v) is 2.55. The van der Waals surface area contributed by atoms with Gasteiger partial charge in [-0.1, -0.05) is 25.4 Å². The van der Waals surface area contributed by atoms with E-state index in [-0.39, 0.29) is 16.6 Å². The molecule has 1 aliphatic heterocycles. The number of carboxylic acids is 1. The topological polar surface area (TPSA) is 83.4 Å². The maximum atomic E-state index is 12.6. The fraction of sp³-hybridized carbons (Fsp3) is 0.571. The molecular formula is C14H18ClN3O3. The second kappa shape index (κ2) is 6.39. The largest absolute Gasteiger partial charge is 0.480 e. The lowest BCUT2D eigenvalue weighted by Gasteiger charge is -2.32. The Morgan fingerprint density at radius 2 is 2.14 bits per heavy atom. The Labute approximate surface area is 128 Å². The standard InChI is InChI=1S/C14H18ClN3O3/c1-8(2)12-16-7-9(15)11(17-12)13(19)18-6-4-3-5-10(18)14(20)21/h7-8,10H,3-6H2,1-2H3,(H,20,21)/t10-/m1/s1. The maximum absolute atomic E-state index is 12.6. The van der Waals surface area contributed by atoms with Gasteiger partial charge in [0.15, 0.2) is 5.69 Å². The van der Waals surface area contributed by atoms with Gasteiger partial charge in [0.25, 0.3) is 5.91 Å². The Kier molecular flexibility index (Phi) is 4.77. The highest BCUT2D eigenvalue weighted by Crippen LogP contribution is 2.23. The van der Waals surface area contributed by atoms with E-state index in [9.17, 15) is 14.7 Å². The molecule has 114 valence electrons. The predicted octanol–water partition coefficient (Wildman–Crippen LogP) is 2.33. The summed E-state index contributed by atoms with van der Waals surface area (Å²) in [5, 5.41) is 9.41. The molecule has 21 heavy (non-hydrogen) atoms. The Morgan fingerprint density at radius 1 is 1.43 bits per heavy atom. The minimum Gasteiger partial charge on any atom is -0.480 e. The quantitative estimate of drug-likeness (QED) is 0.926. The van der Waals surface area contributed by atoms with Crippen molar-refractivity contribution in [3.8, 4) is 0 Å². The van der Waals surface area contributed by atoms with E-state index in [2.05, 4.69) is 9.97 Å². The summed E-state index contributed by atoms with van der Waals surface area (Å²) in [6, 6.07) is -0.806. The molecule has 1 aliphatic rings. The van der Waals surface area contributed by atoms with Crippen LogP contribution in [-0.2, 0) is 4.79 Å². The first-order chi connectivity index (χ1) is 9.91. The summed E-state index contributed by atoms with van der Waals surface area (Å²) in [6.45, 7) is 4.24. The number of likely N-dealkylation sites (tertiary alicyclic amines) is 1. The van der Waals surface area contributed by atoms with Crippen molar-refractivity contribution in [2.45, 2.75) is 45.1 Å². The van der Waals surface area contributed by atoms with Gasteiger partial charge in [0.1, 0.15) is 11.9 Å². The van der Waals surface area contributed by atoms with Gasteiger partial charge < -0.3 is 10.0 Å². The summed E-state index contributed by atoms with van der Waals surface area (Å²) in [7, 11) is 0. The van der Waals surface area contributed by atoms with Crippen molar-refractivity contribution in [1.29, 1.82) is 0 Å². The zero-order valence-corrected chi connectivity index (χ0v) is 12.8. The number of hydrogen-bond acceptors (Lipinski definition) is 4. The Hall–Kier alpha value is -1.69. The van der Waals surface area contributed by atoms with Gasteiger partial charge in [-0.2, -0.15) is 0 Å². The van der Waals surface area contributed by atoms with E-state index in [4.69, 9.17) is 11.6 Å². The first-order valence-corrected chi connectivity index (χ1v) is 7.35. The molecule has 1 amide bonds. The van der Waals surface area contributed by atoms with Crippen molar-refractivity contribution in [3.05, 3.63) is 22.7 Å². The summed E-state index contributed by atoms with van der Waals surface area (Å²) in [6.07, 6.45) is 3.45. The maximum Gasteiger partial charge on any atom is 0.326 e. The van der Waals surface area contributed by atoms with Crippen LogP contribution in [0.15, 0.2) is 6.20 Å². The van der Waals surface area contributed by atoms with E-state index in [1.807, 2.05) is 13.8 Å². The molecule has 0 bridgehead atoms. The lowest BCUT2D eigenvalue weighted by molar-refractivity contribution is -0.143. The lowest BCUT2D eigenvalue weighted by atomic mass is 10.0. The number of carboxylic acid groups (broad SMARTS) is 1. The molecule has 1 N–H and O–H groups in total. The third-order valence-electron chi connectivity index (χ3n) is 3.53. The van der Waals surface area contributed by atoms with Crippen molar-refractivity contribution < 1.29 is 14.7 Å². The normalized spacial score (nSPS) is 18.9. The van der Waals surface area contributed by atoms with E-state index in [0.717, 1.165) is 12.8 Å². The number of aromatic nitrogens is 2. The third-order valence-corrected chi connectivity index (χ3v) is 3.81. The van der Waals surface area contributed by atoms with Crippen molar-refractivity contribution in [1.82, 2.24) is 14.9 Å². The molecule has 0 unspecified atom stereocenters. The number of hydrogen-bond donors (Lipinski definition) is 1. The van der Waals surface area contributed by atoms with Crippen LogP contribution in [0.25, 0.3) is 0 Å². The number of piperidine rings is 1. The highest BCUT2D eigenvalue weighted by Gasteiger charge is 2.34. The zero-order valence-electron chi connectivity index (χ0n) is 12.0. The summed E-state index contributed by atoms with van der Waals surface area (Å²) in [4.78, 5) is 33.6. The van der Waals surface area contributed by atoms with Crippen LogP contribution in [-0.4, -0.2) is 44.4 Å². The molecule has 0 spiro atoms. The predicted molar refractivity (Wildman–Crippen MR) is 77.4 cm³/mol. The zero-order chi connectivity index (χ0) is 15.6. The van der Waals surface area contributed by atoms with E-state index in [0.29, 0.717) is 18.8 Å². The number of carbonyl (C=O) groups excluding carboxylic acids is 1. The van der Waals surface area contributed by atoms with Gasteiger partial charge in [-0.25, -0.2) is 14.8 Å². The molecule has 1 fully saturated rings. The molecule has 1 aromatic rings. The molecule has 0 radical (unpaired) electrons. The average Bonchev–Trinajstić information content (AvgIpc) is 2.46. The highest BCUT2D eigenvalue weighted by atomic mass is 35.5. The average molecular weight is 312 g/mol. The first kappa shape index (κ1) is 15.7. The summed E-state index contributed by atoms with van der Waals surface area (Å²) in [5.41, 5.74) is 0.0866. The summed E-state index contributed by atoms with van der Waals surface area (Å²) in [5.74, 6) is -0.842. The van der Waals surface area contributed by atoms with Crippen LogP contribution in [0.5, 0.6) is 0 Å². The molecule has 0 aromatic carbocycles. The first-order valence-electron chi connectivity index (χ1n) is 6.98. The van der Waals surface area contributed by atoms with E-state index < -0.39 is 17.9 Å². The smallest absolute Gasteiger partial charge is 0.326 e. The Balaban J connectivity index is 2.34. The highest BCUT2D eigenvalue weighted by molar-refractivity contribution is 6.33. The SMILES string of the molecule is CC(C)c1ncc(Cl)c(C(=O)N2CCCC[C@@H]2C(=O)O)n1. The molecule has 0 saturated carbocycles. The van der Waals surface area contributed by atoms with Gasteiger partial charge in [-0.3, -0.25) is 4.79 Å². The number of halogens is 1. The van der Waals surface area contributed by atoms with Gasteiger partial charge in [0, 0.05) is 12.5 Å². The van der Waals surface area contributed by atoms with Crippen LogP contribution in [0.4, 0.5) is 0 Å². The van der Waals surface area contributed by atoms with Crippen LogP contribution in [0, 0.1) is 0 Å². The molecular weight excluding hydrogens is 294 g/mol. The molecule has 1 saturated heterocycles. The van der Waals surface area contributed by atoms with Crippen LogP contribution >= 0.6 is 11.6 Å². The second-order valence-corrected chi connectivity index (χ2v) is 5.84. The number of aliphatic carboxylic acids is 1. The molecule has 1 aromatic heterocycles. The van der Waals surface area contributed by atoms with Crippen LogP contribution in [0.3, 0.4) is 0 Å². The molecule has 6 nitrogen and oxygen atoms in total. The lowest BCUT2D eigenvalue weighted by Crippen LogP contribution is -2.48. The van der Waals surface area contributed by atoms with Crippen molar-refractivity contribution in [3.63, 3.8) is 0 Å². The van der Waals surface area contributed by atoms with Crippen molar-refractivity contribution in [2.75, 3.05) is 6.54 Å². The van der Waals surface area contributed by atoms with E-state index >= 15 is 0 Å². The van der Waals surface area contributed by atoms with Crippen molar-refractivity contribution in [2.24, 2.45) is 0 Å². The minimum absolute atomic E-state index is 0.0606. The van der Waals surface area contributed by atoms with Gasteiger partial charge in [0.2, 0.25) is 0 Å². The monoisotopic (exact) mass is 311 g/mol. The van der Waals surface area contributed by atoms with Gasteiger partial charge in [-0.05, 0) is 19.3 Å². The molecule has 7 heteroatoms. The van der Waals surface area contributed by atoms with Gasteiger partial charge >= 0.3 is 5.97 Å². The van der Waals surface area contributed by atoms with Crippen LogP contribution < -0.4 is 0 Å². The Morgan fingerprint density at radius 3 is 2.76 bits per heavy atom. The van der Waals surface area contributed by atoms with Crippen LogP contribution in [0.1, 0.15) is 55.3 Å². The summed E-state index contributed by atoms with van der Waals surface area (Å²) < 4.78 is 0. The molecule has 2 rings (SSSR count). The third kappa shape index (κ3) is 3.32. The van der Waals surface area contributed by atoms with E-state index in [1.165, 1.54) is 11.1 Å². The number of amides is 1. The molecule has 0 aliphatic carbocycles. The minimum atomic E-state index is -0.989. The molecule has 1 atom stereocenters. The van der Waals surface area contributed by atoms with Gasteiger partial charge in [-0.15, -0.1) is 0 Å². The number of nitrogens with zero attached hydrogens (tertiary/aromatic N) is 3. The summed E-state index contributed by atoms with van der Waals surface area (Å²) >= 11 is 6.02. The number of carbonyl (C=O) groups is 2. The fourth-order valence-electron chi connectivity index (χ4n) is 2.38. The van der Waals surface area contributed by atoms with Gasteiger partial charge in [0.05, 0.1) is 11.2 Å².